The number of fused-ring (bicyclic) bond motifs is 1. The highest BCUT2D eigenvalue weighted by Gasteiger charge is 2.36. The van der Waals surface area contributed by atoms with Crippen molar-refractivity contribution in [3.8, 4) is 5.75 Å². The molecule has 3 rings (SSSR count). The number of Topliss-reactive ketones (excluding diaryl/α,β-unsaturated/α-hetero) is 1. The third-order valence-corrected chi connectivity index (χ3v) is 5.98. The number of ether oxygens (including phenoxy) is 1. The van der Waals surface area contributed by atoms with E-state index in [9.17, 15) is 4.79 Å². The van der Waals surface area contributed by atoms with Crippen LogP contribution in [0.4, 0.5) is 0 Å². The summed E-state index contributed by atoms with van der Waals surface area (Å²) >= 11 is 1.79. The third-order valence-electron chi connectivity index (χ3n) is 4.81. The molecule has 0 amide bonds. The van der Waals surface area contributed by atoms with E-state index in [1.807, 2.05) is 0 Å². The van der Waals surface area contributed by atoms with Gasteiger partial charge < -0.3 is 4.74 Å². The van der Waals surface area contributed by atoms with E-state index in [1.165, 1.54) is 18.4 Å². The highest BCUT2D eigenvalue weighted by atomic mass is 32.2. The van der Waals surface area contributed by atoms with Crippen molar-refractivity contribution in [2.45, 2.75) is 58.3 Å². The number of rotatable bonds is 5. The lowest BCUT2D eigenvalue weighted by Crippen LogP contribution is -2.19. The fourth-order valence-electron chi connectivity index (χ4n) is 3.02. The molecule has 0 atom stereocenters. The summed E-state index contributed by atoms with van der Waals surface area (Å²) in [5.74, 6) is 3.86. The fourth-order valence-corrected chi connectivity index (χ4v) is 4.16. The van der Waals surface area contributed by atoms with Gasteiger partial charge in [0.15, 0.2) is 5.78 Å². The van der Waals surface area contributed by atoms with Crippen molar-refractivity contribution in [3.05, 3.63) is 28.8 Å². The Kier molecular flexibility index (Phi) is 4.29. The number of hydrogen-bond donors (Lipinski definition) is 0. The summed E-state index contributed by atoms with van der Waals surface area (Å²) in [6.07, 6.45) is 2.69. The van der Waals surface area contributed by atoms with Gasteiger partial charge in [-0.25, -0.2) is 0 Å². The van der Waals surface area contributed by atoms with E-state index in [4.69, 9.17) is 4.74 Å². The first-order valence-corrected chi connectivity index (χ1v) is 9.77. The van der Waals surface area contributed by atoms with Gasteiger partial charge in [0.25, 0.3) is 0 Å². The molecule has 0 aromatic heterocycles. The van der Waals surface area contributed by atoms with Crippen LogP contribution in [0.15, 0.2) is 12.1 Å². The number of benzene rings is 1. The minimum absolute atomic E-state index is 0.0211. The summed E-state index contributed by atoms with van der Waals surface area (Å²) < 4.78 is 6.01. The molecule has 0 N–H and O–H groups in total. The topological polar surface area (TPSA) is 26.3 Å². The van der Waals surface area contributed by atoms with Crippen LogP contribution in [-0.2, 0) is 10.8 Å². The molecule has 0 radical (unpaired) electrons. The maximum Gasteiger partial charge on any atom is 0.172 e. The Bertz CT molecular complexity index is 621. The Hall–Kier alpha value is -0.960. The maximum atomic E-state index is 12.7. The van der Waals surface area contributed by atoms with Gasteiger partial charge >= 0.3 is 0 Å². The van der Waals surface area contributed by atoms with Crippen molar-refractivity contribution in [3.63, 3.8) is 0 Å². The zero-order valence-corrected chi connectivity index (χ0v) is 15.8. The molecule has 2 aliphatic rings. The van der Waals surface area contributed by atoms with Crippen molar-refractivity contribution in [2.24, 2.45) is 5.92 Å². The lowest BCUT2D eigenvalue weighted by atomic mass is 9.79. The van der Waals surface area contributed by atoms with E-state index < -0.39 is 0 Å². The van der Waals surface area contributed by atoms with E-state index in [-0.39, 0.29) is 16.6 Å². The van der Waals surface area contributed by atoms with Crippen LogP contribution >= 0.6 is 11.8 Å². The van der Waals surface area contributed by atoms with Gasteiger partial charge in [-0.2, -0.15) is 11.8 Å². The smallest absolute Gasteiger partial charge is 0.172 e. The van der Waals surface area contributed by atoms with E-state index in [0.29, 0.717) is 12.4 Å². The van der Waals surface area contributed by atoms with Crippen LogP contribution in [0.1, 0.15) is 68.9 Å². The van der Waals surface area contributed by atoms with Gasteiger partial charge in [0, 0.05) is 22.1 Å². The van der Waals surface area contributed by atoms with Crippen molar-refractivity contribution in [1.82, 2.24) is 0 Å². The molecule has 1 aromatic rings. The Morgan fingerprint density at radius 1 is 1.30 bits per heavy atom. The second-order valence-electron chi connectivity index (χ2n) is 8.70. The maximum absolute atomic E-state index is 12.7. The van der Waals surface area contributed by atoms with Gasteiger partial charge in [0.05, 0.1) is 12.4 Å². The molecular weight excluding hydrogens is 304 g/mol. The Morgan fingerprint density at radius 3 is 2.61 bits per heavy atom. The van der Waals surface area contributed by atoms with E-state index in [0.717, 1.165) is 28.5 Å². The lowest BCUT2D eigenvalue weighted by molar-refractivity contribution is 0.102. The number of thioether (sulfide) groups is 1. The van der Waals surface area contributed by atoms with Crippen LogP contribution in [0, 0.1) is 5.92 Å². The first-order chi connectivity index (χ1) is 10.7. The van der Waals surface area contributed by atoms with Crippen molar-refractivity contribution >= 4 is 17.5 Å². The van der Waals surface area contributed by atoms with Gasteiger partial charge in [0.1, 0.15) is 5.75 Å². The second-order valence-corrected chi connectivity index (χ2v) is 9.73. The molecule has 1 aliphatic heterocycles. The molecule has 126 valence electrons. The summed E-state index contributed by atoms with van der Waals surface area (Å²) in [4.78, 5) is 12.7. The largest absolute Gasteiger partial charge is 0.492 e. The third kappa shape index (κ3) is 3.60. The zero-order chi connectivity index (χ0) is 16.8. The average molecular weight is 333 g/mol. The molecule has 2 nitrogen and oxygen atoms in total. The summed E-state index contributed by atoms with van der Waals surface area (Å²) in [6, 6.07) is 4.15. The summed E-state index contributed by atoms with van der Waals surface area (Å²) in [5, 5.41) is 0. The van der Waals surface area contributed by atoms with Crippen LogP contribution < -0.4 is 4.74 Å². The Labute approximate surface area is 144 Å². The van der Waals surface area contributed by atoms with Crippen molar-refractivity contribution in [2.75, 3.05) is 18.1 Å². The summed E-state index contributed by atoms with van der Waals surface area (Å²) in [7, 11) is 0. The van der Waals surface area contributed by atoms with E-state index >= 15 is 0 Å². The minimum atomic E-state index is -0.0258. The Morgan fingerprint density at radius 2 is 2.00 bits per heavy atom. The zero-order valence-electron chi connectivity index (χ0n) is 15.0. The van der Waals surface area contributed by atoms with Crippen LogP contribution in [0.3, 0.4) is 0 Å². The highest BCUT2D eigenvalue weighted by molar-refractivity contribution is 8.00. The molecule has 1 heterocycles. The predicted molar refractivity (Wildman–Crippen MR) is 98.0 cm³/mol. The molecule has 1 fully saturated rings. The quantitative estimate of drug-likeness (QED) is 0.711. The summed E-state index contributed by atoms with van der Waals surface area (Å²) in [5.41, 5.74) is 3.17. The molecule has 0 spiro atoms. The van der Waals surface area contributed by atoms with Crippen LogP contribution in [0.25, 0.3) is 0 Å². The van der Waals surface area contributed by atoms with E-state index in [1.54, 1.807) is 11.8 Å². The first-order valence-electron chi connectivity index (χ1n) is 8.61. The molecule has 0 bridgehead atoms. The molecule has 1 aromatic carbocycles. The average Bonchev–Trinajstić information content (AvgIpc) is 3.22. The van der Waals surface area contributed by atoms with E-state index in [2.05, 4.69) is 46.8 Å². The van der Waals surface area contributed by atoms with Gasteiger partial charge in [-0.3, -0.25) is 4.79 Å². The Balaban J connectivity index is 1.89. The number of carbonyl (C=O) groups is 1. The number of ketones is 1. The monoisotopic (exact) mass is 332 g/mol. The van der Waals surface area contributed by atoms with Gasteiger partial charge in [0.2, 0.25) is 0 Å². The fraction of sp³-hybridized carbons (Fsp3) is 0.650. The van der Waals surface area contributed by atoms with Crippen LogP contribution in [0.5, 0.6) is 5.75 Å². The molecule has 1 aliphatic carbocycles. The molecule has 23 heavy (non-hydrogen) atoms. The first kappa shape index (κ1) is 16.9. The second kappa shape index (κ2) is 5.84. The van der Waals surface area contributed by atoms with Gasteiger partial charge in [-0.05, 0) is 42.1 Å². The molecule has 3 heteroatoms. The molecule has 1 saturated carbocycles. The van der Waals surface area contributed by atoms with Gasteiger partial charge in [-0.1, -0.05) is 34.6 Å². The molecule has 0 unspecified atom stereocenters. The molecular formula is C20H28O2S. The minimum Gasteiger partial charge on any atom is -0.492 e. The predicted octanol–water partition coefficient (Wildman–Crippen LogP) is 4.98. The van der Waals surface area contributed by atoms with Crippen LogP contribution in [-0.4, -0.2) is 23.9 Å². The van der Waals surface area contributed by atoms with Crippen molar-refractivity contribution < 1.29 is 9.53 Å². The van der Waals surface area contributed by atoms with Crippen molar-refractivity contribution in [1.29, 1.82) is 0 Å². The normalized spacial score (nSPS) is 19.3. The molecule has 0 saturated heterocycles. The van der Waals surface area contributed by atoms with Gasteiger partial charge in [-0.15, -0.1) is 0 Å². The number of carbonyl (C=O) groups excluding carboxylic acids is 1. The van der Waals surface area contributed by atoms with Crippen LogP contribution in [0.2, 0.25) is 0 Å². The highest BCUT2D eigenvalue weighted by Crippen LogP contribution is 2.45. The standard InChI is InChI=1S/C20H28O2S/c1-19(2,3)15-8-14(17(21)11-23-10-13-6-7-13)9-16-18(15)22-12-20(16,4)5/h8-9,13H,6-7,10-12H2,1-5H3. The SMILES string of the molecule is CC(C)(C)c1cc(C(=O)CSCC2CC2)cc2c1OCC2(C)C. The summed E-state index contributed by atoms with van der Waals surface area (Å²) in [6.45, 7) is 11.6. The number of hydrogen-bond acceptors (Lipinski definition) is 3. The lowest BCUT2D eigenvalue weighted by Gasteiger charge is -2.24.